The number of amides is 1. The molecule has 1 amide bonds. The van der Waals surface area contributed by atoms with Gasteiger partial charge in [-0.2, -0.15) is 13.2 Å². The van der Waals surface area contributed by atoms with Gasteiger partial charge in [-0.15, -0.1) is 0 Å². The van der Waals surface area contributed by atoms with Crippen molar-refractivity contribution in [1.29, 1.82) is 0 Å². The van der Waals surface area contributed by atoms with E-state index in [-0.39, 0.29) is 47.2 Å². The molecule has 1 aliphatic carbocycles. The summed E-state index contributed by atoms with van der Waals surface area (Å²) < 4.78 is 53.5. The summed E-state index contributed by atoms with van der Waals surface area (Å²) in [6.45, 7) is 0.483. The molecule has 12 heteroatoms. The van der Waals surface area contributed by atoms with E-state index in [1.807, 2.05) is 5.32 Å². The topological polar surface area (TPSA) is 115 Å². The Labute approximate surface area is 183 Å². The van der Waals surface area contributed by atoms with Crippen molar-refractivity contribution in [3.05, 3.63) is 62.4 Å². The number of ether oxygens (including phenoxy) is 2. The Kier molecular flexibility index (Phi) is 4.87. The highest BCUT2D eigenvalue weighted by Gasteiger charge is 2.42. The lowest BCUT2D eigenvalue weighted by Gasteiger charge is -2.24. The molecule has 33 heavy (non-hydrogen) atoms. The van der Waals surface area contributed by atoms with E-state index >= 15 is 0 Å². The molecule has 1 fully saturated rings. The fourth-order valence-electron chi connectivity index (χ4n) is 3.74. The molecule has 0 bridgehead atoms. The first kappa shape index (κ1) is 21.0. The maximum Gasteiger partial charge on any atom is 0.412 e. The molecule has 1 aliphatic heterocycles. The fraction of sp³-hybridized carbons (Fsp3) is 0.333. The number of nitrogens with one attached hydrogen (secondary N) is 2. The average Bonchev–Trinajstić information content (AvgIpc) is 3.61. The van der Waals surface area contributed by atoms with Crippen LogP contribution in [-0.2, 0) is 0 Å². The summed E-state index contributed by atoms with van der Waals surface area (Å²) in [6.07, 6.45) is -2.28. The maximum atomic E-state index is 13.8. The van der Waals surface area contributed by atoms with Crippen LogP contribution >= 0.6 is 0 Å². The Morgan fingerprint density at radius 3 is 2.58 bits per heavy atom. The summed E-state index contributed by atoms with van der Waals surface area (Å²) in [7, 11) is 0. The summed E-state index contributed by atoms with van der Waals surface area (Å²) in [5.41, 5.74) is -1.79. The normalized spacial score (nSPS) is 16.5. The first-order valence-corrected chi connectivity index (χ1v) is 10.1. The van der Waals surface area contributed by atoms with Crippen molar-refractivity contribution in [1.82, 2.24) is 19.9 Å². The van der Waals surface area contributed by atoms with Crippen LogP contribution < -0.4 is 26.0 Å². The summed E-state index contributed by atoms with van der Waals surface area (Å²) in [5.74, 6) is -0.610. The molecule has 2 aromatic heterocycles. The molecule has 1 aromatic carbocycles. The molecular formula is C21H17F3N4O5. The summed E-state index contributed by atoms with van der Waals surface area (Å²) >= 11 is 0. The first-order valence-electron chi connectivity index (χ1n) is 10.1. The zero-order valence-electron chi connectivity index (χ0n) is 16.9. The Balaban J connectivity index is 1.49. The third-order valence-corrected chi connectivity index (χ3v) is 5.46. The van der Waals surface area contributed by atoms with Gasteiger partial charge >= 0.3 is 11.9 Å². The Hall–Kier alpha value is -3.83. The van der Waals surface area contributed by atoms with E-state index < -0.39 is 29.4 Å². The van der Waals surface area contributed by atoms with Crippen LogP contribution in [0.2, 0.25) is 0 Å². The van der Waals surface area contributed by atoms with Gasteiger partial charge in [0.05, 0.1) is 10.9 Å². The lowest BCUT2D eigenvalue weighted by Crippen LogP contribution is -2.38. The van der Waals surface area contributed by atoms with E-state index in [1.54, 1.807) is 0 Å². The van der Waals surface area contributed by atoms with Crippen LogP contribution in [0.1, 0.15) is 40.8 Å². The van der Waals surface area contributed by atoms with Crippen LogP contribution in [0.25, 0.3) is 11.0 Å². The summed E-state index contributed by atoms with van der Waals surface area (Å²) in [5, 5.41) is 1.90. The minimum absolute atomic E-state index is 0.0583. The van der Waals surface area contributed by atoms with Gasteiger partial charge in [0.15, 0.2) is 17.5 Å². The second-order valence-corrected chi connectivity index (χ2v) is 7.81. The van der Waals surface area contributed by atoms with Gasteiger partial charge in [-0.05, 0) is 36.6 Å². The molecule has 1 unspecified atom stereocenters. The van der Waals surface area contributed by atoms with Gasteiger partial charge < -0.3 is 14.8 Å². The number of halogens is 3. The lowest BCUT2D eigenvalue weighted by atomic mass is 10.0. The number of aromatic amines is 1. The molecule has 5 rings (SSSR count). The molecular weight excluding hydrogens is 445 g/mol. The molecule has 2 N–H and O–H groups in total. The predicted molar refractivity (Wildman–Crippen MR) is 109 cm³/mol. The zero-order valence-corrected chi connectivity index (χ0v) is 16.9. The van der Waals surface area contributed by atoms with Crippen molar-refractivity contribution in [2.45, 2.75) is 31.1 Å². The van der Waals surface area contributed by atoms with Gasteiger partial charge in [-0.1, -0.05) is 6.07 Å². The van der Waals surface area contributed by atoms with Crippen LogP contribution in [0.15, 0.2) is 40.1 Å². The van der Waals surface area contributed by atoms with Gasteiger partial charge in [0.25, 0.3) is 11.5 Å². The van der Waals surface area contributed by atoms with Crippen molar-refractivity contribution < 1.29 is 27.4 Å². The molecule has 1 atom stereocenters. The number of fused-ring (bicyclic) bond motifs is 2. The van der Waals surface area contributed by atoms with E-state index in [4.69, 9.17) is 9.47 Å². The molecule has 0 saturated heterocycles. The average molecular weight is 462 g/mol. The van der Waals surface area contributed by atoms with Gasteiger partial charge in [0.2, 0.25) is 0 Å². The monoisotopic (exact) mass is 462 g/mol. The highest BCUT2D eigenvalue weighted by molar-refractivity contribution is 5.97. The molecule has 9 nitrogen and oxygen atoms in total. The Morgan fingerprint density at radius 2 is 1.88 bits per heavy atom. The maximum absolute atomic E-state index is 13.8. The quantitative estimate of drug-likeness (QED) is 0.615. The van der Waals surface area contributed by atoms with E-state index in [0.29, 0.717) is 5.75 Å². The van der Waals surface area contributed by atoms with Crippen molar-refractivity contribution in [3.8, 4) is 11.5 Å². The van der Waals surface area contributed by atoms with Crippen LogP contribution in [0.4, 0.5) is 13.2 Å². The Bertz CT molecular complexity index is 1380. The van der Waals surface area contributed by atoms with Gasteiger partial charge in [0.1, 0.15) is 18.9 Å². The number of carbonyl (C=O) groups is 1. The minimum atomic E-state index is -4.81. The predicted octanol–water partition coefficient (Wildman–Crippen LogP) is 2.22. The molecule has 2 aliphatic rings. The number of carbonyl (C=O) groups excluding carboxylic acids is 1. The molecule has 1 saturated carbocycles. The second-order valence-electron chi connectivity index (χ2n) is 7.81. The van der Waals surface area contributed by atoms with Gasteiger partial charge in [-0.25, -0.2) is 9.78 Å². The summed E-state index contributed by atoms with van der Waals surface area (Å²) in [6, 6.07) is 2.41. The second kappa shape index (κ2) is 7.64. The van der Waals surface area contributed by atoms with Crippen molar-refractivity contribution in [3.63, 3.8) is 0 Å². The van der Waals surface area contributed by atoms with Crippen LogP contribution in [-0.4, -0.2) is 39.8 Å². The highest BCUT2D eigenvalue weighted by atomic mass is 19.4. The van der Waals surface area contributed by atoms with E-state index in [9.17, 15) is 27.6 Å². The number of aromatic nitrogens is 3. The lowest BCUT2D eigenvalue weighted by molar-refractivity contribution is -0.155. The van der Waals surface area contributed by atoms with Gasteiger partial charge in [0, 0.05) is 12.2 Å². The SMILES string of the molecule is O=C(NC(c1ccc2c(c1)OCCO2)C(F)(F)F)c1cnc2c(c1)c(=O)[nH]c(=O)n2C1CC1. The number of alkyl halides is 3. The van der Waals surface area contributed by atoms with E-state index in [1.165, 1.54) is 22.8 Å². The minimum Gasteiger partial charge on any atom is -0.486 e. The first-order chi connectivity index (χ1) is 15.7. The van der Waals surface area contributed by atoms with Crippen molar-refractivity contribution >= 4 is 16.9 Å². The number of benzene rings is 1. The van der Waals surface area contributed by atoms with E-state index in [2.05, 4.69) is 9.97 Å². The fourth-order valence-corrected chi connectivity index (χ4v) is 3.74. The van der Waals surface area contributed by atoms with Crippen LogP contribution in [0, 0.1) is 0 Å². The number of hydrogen-bond acceptors (Lipinski definition) is 6. The smallest absolute Gasteiger partial charge is 0.412 e. The molecule has 0 radical (unpaired) electrons. The number of hydrogen-bond donors (Lipinski definition) is 2. The third kappa shape index (κ3) is 3.92. The van der Waals surface area contributed by atoms with Crippen molar-refractivity contribution in [2.75, 3.05) is 13.2 Å². The largest absolute Gasteiger partial charge is 0.486 e. The summed E-state index contributed by atoms with van der Waals surface area (Å²) in [4.78, 5) is 43.3. The van der Waals surface area contributed by atoms with E-state index in [0.717, 1.165) is 25.1 Å². The van der Waals surface area contributed by atoms with Crippen molar-refractivity contribution in [2.24, 2.45) is 0 Å². The third-order valence-electron chi connectivity index (χ3n) is 5.46. The standard InChI is InChI=1S/C21H17F3N4O5/c22-21(23,24)16(10-1-4-14-15(8-10)33-6-5-32-14)26-18(29)11-7-13-17(25-9-11)28(12-2-3-12)20(31)27-19(13)30/h1,4,7-9,12,16H,2-3,5-6H2,(H,26,29)(H,27,30,31). The number of nitrogens with zero attached hydrogens (tertiary/aromatic N) is 2. The number of rotatable bonds is 4. The van der Waals surface area contributed by atoms with Crippen LogP contribution in [0.5, 0.6) is 11.5 Å². The number of H-pyrrole nitrogens is 1. The number of pyridine rings is 1. The highest BCUT2D eigenvalue weighted by Crippen LogP contribution is 2.38. The molecule has 0 spiro atoms. The van der Waals surface area contributed by atoms with Crippen LogP contribution in [0.3, 0.4) is 0 Å². The molecule has 3 aromatic rings. The van der Waals surface area contributed by atoms with Gasteiger partial charge in [-0.3, -0.25) is 19.1 Å². The zero-order chi connectivity index (χ0) is 23.3. The Morgan fingerprint density at radius 1 is 1.15 bits per heavy atom. The molecule has 3 heterocycles. The molecule has 172 valence electrons.